The van der Waals surface area contributed by atoms with Gasteiger partial charge in [0.2, 0.25) is 0 Å². The molecule has 0 spiro atoms. The molecular formula is C47H35EuF3O6P2. The number of alkyl halides is 3. The average molecular weight is 967 g/mol. The standard InChI is InChI=1S/2C18H15OP.C11H5F3O4.Eu/c2*19-20(16-10-4-1-5-11-16,17-12-6-2-7-13-17)18-14-8-3-9-15-18;12-11(13,14)9(16)7-8(15)5-3-1-2-4-6(5)18-10(7)17;/h2*1-15H;1-4,15H;. The van der Waals surface area contributed by atoms with Crippen molar-refractivity contribution in [1.29, 1.82) is 0 Å². The summed E-state index contributed by atoms with van der Waals surface area (Å²) in [4.78, 5) is 22.3. The first-order chi connectivity index (χ1) is 28.0. The van der Waals surface area contributed by atoms with Crippen LogP contribution in [0.1, 0.15) is 10.4 Å². The van der Waals surface area contributed by atoms with Crippen LogP contribution in [0.4, 0.5) is 13.2 Å². The van der Waals surface area contributed by atoms with Crippen LogP contribution in [0.3, 0.4) is 0 Å². The number of carbonyl (C=O) groups excluding carboxylic acids is 1. The zero-order valence-corrected chi connectivity index (χ0v) is 35.2. The maximum absolute atomic E-state index is 13.8. The van der Waals surface area contributed by atoms with Gasteiger partial charge in [0.1, 0.15) is 11.3 Å². The molecule has 12 heteroatoms. The smallest absolute Gasteiger partial charge is 0.455 e. The van der Waals surface area contributed by atoms with Crippen molar-refractivity contribution in [3.63, 3.8) is 0 Å². The molecule has 0 atom stereocenters. The quantitative estimate of drug-likeness (QED) is 0.0974. The van der Waals surface area contributed by atoms with E-state index >= 15 is 0 Å². The summed E-state index contributed by atoms with van der Waals surface area (Å²) in [5.74, 6) is -3.45. The van der Waals surface area contributed by atoms with Crippen LogP contribution in [0, 0.1) is 49.4 Å². The molecular weight excluding hydrogens is 931 g/mol. The maximum atomic E-state index is 13.8. The average Bonchev–Trinajstić information content (AvgIpc) is 3.28. The van der Waals surface area contributed by atoms with Crippen molar-refractivity contribution in [3.8, 4) is 5.75 Å². The van der Waals surface area contributed by atoms with E-state index in [1.807, 2.05) is 182 Å². The first-order valence-corrected chi connectivity index (χ1v) is 21.3. The summed E-state index contributed by atoms with van der Waals surface area (Å²) in [5, 5.41) is 14.7. The number of Topliss-reactive ketones (excluding diaryl/α,β-unsaturated/α-hetero) is 1. The van der Waals surface area contributed by atoms with Gasteiger partial charge in [-0.2, -0.15) is 13.2 Å². The van der Waals surface area contributed by atoms with Gasteiger partial charge in [-0.05, 0) is 12.1 Å². The Morgan fingerprint density at radius 1 is 0.458 bits per heavy atom. The van der Waals surface area contributed by atoms with Crippen LogP contribution >= 0.6 is 14.3 Å². The molecule has 59 heavy (non-hydrogen) atoms. The number of hydrogen-bond donors (Lipinski definition) is 1. The van der Waals surface area contributed by atoms with Gasteiger partial charge in [0.05, 0.1) is 5.39 Å². The minimum Gasteiger partial charge on any atom is -0.506 e. The number of benzene rings is 7. The third-order valence-electron chi connectivity index (χ3n) is 8.99. The van der Waals surface area contributed by atoms with Crippen molar-refractivity contribution >= 4 is 62.9 Å². The van der Waals surface area contributed by atoms with Gasteiger partial charge in [-0.1, -0.05) is 194 Å². The van der Waals surface area contributed by atoms with Gasteiger partial charge >= 0.3 is 11.8 Å². The molecule has 1 N–H and O–H groups in total. The molecule has 0 bridgehead atoms. The monoisotopic (exact) mass is 967 g/mol. The van der Waals surface area contributed by atoms with Crippen molar-refractivity contribution in [2.45, 2.75) is 6.18 Å². The first kappa shape index (κ1) is 45.1. The van der Waals surface area contributed by atoms with Crippen LogP contribution in [0.5, 0.6) is 5.75 Å². The van der Waals surface area contributed by atoms with E-state index in [1.54, 1.807) is 0 Å². The van der Waals surface area contributed by atoms with E-state index in [0.29, 0.717) is 0 Å². The Hall–Kier alpha value is -4.95. The topological polar surface area (TPSA) is 102 Å². The molecule has 6 nitrogen and oxygen atoms in total. The van der Waals surface area contributed by atoms with Gasteiger partial charge in [0.15, 0.2) is 19.8 Å². The van der Waals surface area contributed by atoms with E-state index in [9.17, 15) is 37.0 Å². The minimum atomic E-state index is -5.26. The molecule has 1 radical (unpaired) electrons. The normalized spacial score (nSPS) is 11.2. The summed E-state index contributed by atoms with van der Waals surface area (Å²) >= 11 is 0. The number of para-hydroxylation sites is 1. The zero-order valence-electron chi connectivity index (χ0n) is 31.0. The fraction of sp³-hybridized carbons (Fsp3) is 0.0213. The number of rotatable bonds is 7. The van der Waals surface area contributed by atoms with Crippen molar-refractivity contribution in [1.82, 2.24) is 0 Å². The van der Waals surface area contributed by atoms with E-state index in [1.165, 1.54) is 24.3 Å². The molecule has 1 heterocycles. The number of ketones is 1. The summed E-state index contributed by atoms with van der Waals surface area (Å²) in [6.45, 7) is 0. The first-order valence-electron chi connectivity index (χ1n) is 17.9. The van der Waals surface area contributed by atoms with Crippen molar-refractivity contribution in [2.24, 2.45) is 0 Å². The minimum absolute atomic E-state index is 0. The number of fused-ring (bicyclic) bond motifs is 1. The summed E-state index contributed by atoms with van der Waals surface area (Å²) in [5.41, 5.74) is -3.02. The van der Waals surface area contributed by atoms with E-state index in [2.05, 4.69) is 4.42 Å². The van der Waals surface area contributed by atoms with Gasteiger partial charge in [-0.25, -0.2) is 4.79 Å². The SMILES string of the molecule is O=C(c1c(O)c2ccccc2oc1=O)C(F)(F)F.O=P(c1ccccc1)(c1ccccc1)c1ccccc1.O=P(c1ccccc1)(c1ccccc1)c1ccccc1.[Eu]. The van der Waals surface area contributed by atoms with Gasteiger partial charge < -0.3 is 18.7 Å². The van der Waals surface area contributed by atoms with Crippen molar-refractivity contribution in [2.75, 3.05) is 0 Å². The van der Waals surface area contributed by atoms with Gasteiger partial charge in [0.25, 0.3) is 5.78 Å². The molecule has 0 aliphatic carbocycles. The predicted octanol–water partition coefficient (Wildman–Crippen LogP) is 8.90. The molecule has 8 rings (SSSR count). The third kappa shape index (κ3) is 10.3. The van der Waals surface area contributed by atoms with E-state index in [4.69, 9.17) is 0 Å². The van der Waals surface area contributed by atoms with Crippen LogP contribution < -0.4 is 37.5 Å². The maximum Gasteiger partial charge on any atom is 0.455 e. The Morgan fingerprint density at radius 2 is 0.712 bits per heavy atom. The molecule has 0 aliphatic heterocycles. The molecule has 0 saturated heterocycles. The molecule has 1 aromatic heterocycles. The van der Waals surface area contributed by atoms with E-state index in [-0.39, 0.29) is 60.3 Å². The second kappa shape index (κ2) is 20.3. The van der Waals surface area contributed by atoms with Crippen molar-refractivity contribution < 1.29 is 86.0 Å². The fourth-order valence-electron chi connectivity index (χ4n) is 6.20. The molecule has 0 amide bonds. The zero-order chi connectivity index (χ0) is 41.2. The molecule has 0 aliphatic rings. The number of halogens is 3. The summed E-state index contributed by atoms with van der Waals surface area (Å²) in [6.07, 6.45) is -5.26. The van der Waals surface area contributed by atoms with Crippen LogP contribution in [0.2, 0.25) is 0 Å². The van der Waals surface area contributed by atoms with Crippen LogP contribution in [-0.4, -0.2) is 17.1 Å². The third-order valence-corrected chi connectivity index (χ3v) is 15.1. The van der Waals surface area contributed by atoms with Crippen LogP contribution in [0.15, 0.2) is 215 Å². The van der Waals surface area contributed by atoms with Gasteiger partial charge in [-0.3, -0.25) is 4.79 Å². The van der Waals surface area contributed by atoms with E-state index < -0.39 is 43.2 Å². The molecule has 297 valence electrons. The fourth-order valence-corrected chi connectivity index (χ4v) is 11.5. The van der Waals surface area contributed by atoms with Crippen LogP contribution in [0.25, 0.3) is 11.0 Å². The van der Waals surface area contributed by atoms with Gasteiger partial charge in [0, 0.05) is 81.2 Å². The predicted molar refractivity (Wildman–Crippen MR) is 226 cm³/mol. The summed E-state index contributed by atoms with van der Waals surface area (Å²) in [7, 11) is -5.55. The second-order valence-electron chi connectivity index (χ2n) is 12.7. The van der Waals surface area contributed by atoms with Crippen LogP contribution in [-0.2, 0) is 9.13 Å². The summed E-state index contributed by atoms with van der Waals surface area (Å²) < 4.78 is 69.0. The second-order valence-corrected chi connectivity index (χ2v) is 18.2. The molecule has 8 aromatic rings. The molecule has 0 fully saturated rings. The Kier molecular flexibility index (Phi) is 15.6. The number of carbonyl (C=O) groups is 1. The molecule has 0 saturated carbocycles. The number of aromatic hydroxyl groups is 1. The molecule has 7 aromatic carbocycles. The Bertz CT molecular complexity index is 2420. The number of hydrogen-bond acceptors (Lipinski definition) is 6. The Morgan fingerprint density at radius 3 is 0.983 bits per heavy atom. The Labute approximate surface area is 379 Å². The van der Waals surface area contributed by atoms with E-state index in [0.717, 1.165) is 31.8 Å². The van der Waals surface area contributed by atoms with Crippen molar-refractivity contribution in [3.05, 3.63) is 222 Å². The largest absolute Gasteiger partial charge is 0.506 e. The molecule has 0 unspecified atom stereocenters. The van der Waals surface area contributed by atoms with Gasteiger partial charge in [-0.15, -0.1) is 0 Å². The Balaban J connectivity index is 0.000000167. The summed E-state index contributed by atoms with van der Waals surface area (Å²) in [6, 6.07) is 63.7.